The van der Waals surface area contributed by atoms with Crippen molar-refractivity contribution < 1.29 is 9.31 Å². The molecule has 1 fully saturated rings. The minimum absolute atomic E-state index is 0.213. The molecular weight excluding hydrogens is 237 g/mol. The van der Waals surface area contributed by atoms with Crippen LogP contribution >= 0.6 is 0 Å². The average Bonchev–Trinajstić information content (AvgIpc) is 2.29. The molecule has 1 aromatic rings. The van der Waals surface area contributed by atoms with E-state index in [-0.39, 0.29) is 11.2 Å². The minimum Gasteiger partial charge on any atom is -0.361 e. The third-order valence-corrected chi connectivity index (χ3v) is 3.23. The molecule has 1 aliphatic rings. The second kappa shape index (κ2) is 4.53. The van der Waals surface area contributed by atoms with Crippen LogP contribution in [-0.2, 0) is 0 Å². The molecule has 0 bridgehead atoms. The first-order valence-electron chi connectivity index (χ1n) is 5.84. The van der Waals surface area contributed by atoms with E-state index >= 15 is 0 Å². The summed E-state index contributed by atoms with van der Waals surface area (Å²) in [4.78, 5) is 11.9. The molecule has 1 N–H and O–H groups in total. The van der Waals surface area contributed by atoms with Crippen LogP contribution in [0.5, 0.6) is 0 Å². The van der Waals surface area contributed by atoms with Gasteiger partial charge in [0.05, 0.1) is 16.7 Å². The number of piperazine rings is 1. The molecule has 18 heavy (non-hydrogen) atoms. The highest BCUT2D eigenvalue weighted by atomic mass is 19.1. The summed E-state index contributed by atoms with van der Waals surface area (Å²) < 4.78 is 14.0. The van der Waals surface area contributed by atoms with Crippen molar-refractivity contribution in [2.24, 2.45) is 0 Å². The topological polar surface area (TPSA) is 58.4 Å². The van der Waals surface area contributed by atoms with Crippen LogP contribution in [0.3, 0.4) is 0 Å². The van der Waals surface area contributed by atoms with Crippen molar-refractivity contribution in [1.29, 1.82) is 0 Å². The summed E-state index contributed by atoms with van der Waals surface area (Å²) in [5.74, 6) is -0.542. The Kier molecular flexibility index (Phi) is 3.21. The van der Waals surface area contributed by atoms with Crippen molar-refractivity contribution in [2.75, 3.05) is 24.5 Å². The first-order valence-corrected chi connectivity index (χ1v) is 5.84. The van der Waals surface area contributed by atoms with Crippen LogP contribution in [0.15, 0.2) is 18.2 Å². The van der Waals surface area contributed by atoms with Crippen LogP contribution in [0.2, 0.25) is 0 Å². The summed E-state index contributed by atoms with van der Waals surface area (Å²) in [5.41, 5.74) is -0.00817. The lowest BCUT2D eigenvalue weighted by Gasteiger charge is -2.44. The molecule has 0 unspecified atom stereocenters. The zero-order chi connectivity index (χ0) is 13.3. The van der Waals surface area contributed by atoms with Crippen LogP contribution in [0, 0.1) is 15.9 Å². The van der Waals surface area contributed by atoms with E-state index < -0.39 is 10.7 Å². The Hall–Kier alpha value is -1.69. The van der Waals surface area contributed by atoms with E-state index in [1.165, 1.54) is 12.1 Å². The number of hydrogen-bond donors (Lipinski definition) is 1. The Morgan fingerprint density at radius 3 is 2.78 bits per heavy atom. The Morgan fingerprint density at radius 2 is 2.22 bits per heavy atom. The van der Waals surface area contributed by atoms with Gasteiger partial charge in [-0.1, -0.05) is 0 Å². The summed E-state index contributed by atoms with van der Waals surface area (Å²) in [6.45, 7) is 6.24. The second-order valence-corrected chi connectivity index (χ2v) is 5.03. The smallest absolute Gasteiger partial charge is 0.272 e. The molecule has 0 atom stereocenters. The van der Waals surface area contributed by atoms with Gasteiger partial charge in [0, 0.05) is 31.2 Å². The van der Waals surface area contributed by atoms with E-state index in [1.807, 2.05) is 18.7 Å². The summed E-state index contributed by atoms with van der Waals surface area (Å²) in [6.07, 6.45) is 0. The summed E-state index contributed by atoms with van der Waals surface area (Å²) in [5, 5.41) is 13.8. The summed E-state index contributed by atoms with van der Waals surface area (Å²) in [7, 11) is 0. The van der Waals surface area contributed by atoms with Crippen LogP contribution in [0.25, 0.3) is 0 Å². The van der Waals surface area contributed by atoms with Crippen LogP contribution in [-0.4, -0.2) is 30.1 Å². The number of anilines is 1. The lowest BCUT2D eigenvalue weighted by atomic mass is 9.99. The first-order chi connectivity index (χ1) is 8.42. The molecule has 1 aromatic carbocycles. The standard InChI is InChI=1S/C12H16FN3O2/c1-12(2)8-14-5-6-15(12)11-4-3-9(16(17)18)7-10(11)13/h3-4,7,14H,5-6,8H2,1-2H3. The Balaban J connectivity index is 2.36. The van der Waals surface area contributed by atoms with Crippen molar-refractivity contribution in [3.05, 3.63) is 34.1 Å². The number of halogens is 1. The predicted octanol–water partition coefficient (Wildman–Crippen LogP) is 1.92. The molecule has 0 aromatic heterocycles. The maximum absolute atomic E-state index is 14.0. The number of non-ortho nitro benzene ring substituents is 1. The third-order valence-electron chi connectivity index (χ3n) is 3.23. The molecule has 1 aliphatic heterocycles. The van der Waals surface area contributed by atoms with Crippen LogP contribution in [0.4, 0.5) is 15.8 Å². The Morgan fingerprint density at radius 1 is 1.50 bits per heavy atom. The fraction of sp³-hybridized carbons (Fsp3) is 0.500. The number of rotatable bonds is 2. The Bertz CT molecular complexity index is 476. The molecule has 1 heterocycles. The van der Waals surface area contributed by atoms with Crippen molar-refractivity contribution in [2.45, 2.75) is 19.4 Å². The van der Waals surface area contributed by atoms with Crippen molar-refractivity contribution in [3.8, 4) is 0 Å². The maximum atomic E-state index is 14.0. The van der Waals surface area contributed by atoms with E-state index in [0.29, 0.717) is 12.2 Å². The van der Waals surface area contributed by atoms with E-state index in [1.54, 1.807) is 0 Å². The molecule has 2 rings (SSSR count). The van der Waals surface area contributed by atoms with E-state index in [4.69, 9.17) is 0 Å². The highest BCUT2D eigenvalue weighted by molar-refractivity contribution is 5.54. The van der Waals surface area contributed by atoms with Gasteiger partial charge in [0.15, 0.2) is 5.82 Å². The van der Waals surface area contributed by atoms with Gasteiger partial charge < -0.3 is 10.2 Å². The predicted molar refractivity (Wildman–Crippen MR) is 67.3 cm³/mol. The lowest BCUT2D eigenvalue weighted by Crippen LogP contribution is -2.58. The molecule has 0 saturated carbocycles. The second-order valence-electron chi connectivity index (χ2n) is 5.03. The normalized spacial score (nSPS) is 18.7. The Labute approximate surface area is 105 Å². The molecular formula is C12H16FN3O2. The van der Waals surface area contributed by atoms with E-state index in [9.17, 15) is 14.5 Å². The lowest BCUT2D eigenvalue weighted by molar-refractivity contribution is -0.385. The third kappa shape index (κ3) is 2.28. The van der Waals surface area contributed by atoms with Gasteiger partial charge in [-0.15, -0.1) is 0 Å². The van der Waals surface area contributed by atoms with Crippen LogP contribution < -0.4 is 10.2 Å². The molecule has 0 radical (unpaired) electrons. The van der Waals surface area contributed by atoms with Crippen LogP contribution in [0.1, 0.15) is 13.8 Å². The monoisotopic (exact) mass is 253 g/mol. The highest BCUT2D eigenvalue weighted by Crippen LogP contribution is 2.30. The molecule has 0 amide bonds. The van der Waals surface area contributed by atoms with E-state index in [2.05, 4.69) is 5.32 Å². The van der Waals surface area contributed by atoms with Gasteiger partial charge in [-0.05, 0) is 19.9 Å². The minimum atomic E-state index is -0.588. The largest absolute Gasteiger partial charge is 0.361 e. The highest BCUT2D eigenvalue weighted by Gasteiger charge is 2.31. The van der Waals surface area contributed by atoms with Gasteiger partial charge in [0.1, 0.15) is 0 Å². The number of nitrogens with one attached hydrogen (secondary N) is 1. The van der Waals surface area contributed by atoms with Gasteiger partial charge in [-0.3, -0.25) is 10.1 Å². The van der Waals surface area contributed by atoms with Gasteiger partial charge in [-0.25, -0.2) is 4.39 Å². The van der Waals surface area contributed by atoms with Gasteiger partial charge >= 0.3 is 0 Å². The number of benzene rings is 1. The maximum Gasteiger partial charge on any atom is 0.272 e. The van der Waals surface area contributed by atoms with Gasteiger partial charge in [0.25, 0.3) is 5.69 Å². The molecule has 98 valence electrons. The average molecular weight is 253 g/mol. The summed E-state index contributed by atoms with van der Waals surface area (Å²) >= 11 is 0. The number of nitrogens with zero attached hydrogens (tertiary/aromatic N) is 2. The van der Waals surface area contributed by atoms with Crippen molar-refractivity contribution in [3.63, 3.8) is 0 Å². The van der Waals surface area contributed by atoms with Crippen molar-refractivity contribution in [1.82, 2.24) is 5.32 Å². The zero-order valence-corrected chi connectivity index (χ0v) is 10.4. The molecule has 1 saturated heterocycles. The number of nitro groups is 1. The van der Waals surface area contributed by atoms with Gasteiger partial charge in [-0.2, -0.15) is 0 Å². The van der Waals surface area contributed by atoms with E-state index in [0.717, 1.165) is 19.2 Å². The fourth-order valence-corrected chi connectivity index (χ4v) is 2.26. The number of hydrogen-bond acceptors (Lipinski definition) is 4. The quantitative estimate of drug-likeness (QED) is 0.646. The molecule has 6 heteroatoms. The summed E-state index contributed by atoms with van der Waals surface area (Å²) in [6, 6.07) is 3.81. The zero-order valence-electron chi connectivity index (χ0n) is 10.4. The fourth-order valence-electron chi connectivity index (χ4n) is 2.26. The first kappa shape index (κ1) is 12.8. The number of nitro benzene ring substituents is 1. The van der Waals surface area contributed by atoms with Crippen molar-refractivity contribution >= 4 is 11.4 Å². The molecule has 5 nitrogen and oxygen atoms in total. The molecule has 0 aliphatic carbocycles. The molecule has 0 spiro atoms. The van der Waals surface area contributed by atoms with Gasteiger partial charge in [0.2, 0.25) is 0 Å². The SMILES string of the molecule is CC1(C)CNCCN1c1ccc([N+](=O)[O-])cc1F.